The summed E-state index contributed by atoms with van der Waals surface area (Å²) in [6.45, 7) is 0. The second-order valence-corrected chi connectivity index (χ2v) is 4.36. The molecule has 0 aliphatic rings. The van der Waals surface area contributed by atoms with Gasteiger partial charge in [0.1, 0.15) is 5.82 Å². The maximum absolute atomic E-state index is 11.3. The van der Waals surface area contributed by atoms with Crippen LogP contribution in [0.2, 0.25) is 0 Å². The molecule has 17 heavy (non-hydrogen) atoms. The van der Waals surface area contributed by atoms with Gasteiger partial charge in [0.15, 0.2) is 0 Å². The van der Waals surface area contributed by atoms with Gasteiger partial charge in [-0.1, -0.05) is 0 Å². The minimum absolute atomic E-state index is 0.322. The van der Waals surface area contributed by atoms with Crippen LogP contribution in [0.15, 0.2) is 29.1 Å². The van der Waals surface area contributed by atoms with Gasteiger partial charge in [-0.25, -0.2) is 4.98 Å². The van der Waals surface area contributed by atoms with Crippen molar-refractivity contribution in [1.29, 1.82) is 0 Å². The molecule has 0 aliphatic heterocycles. The molecule has 0 aromatic carbocycles. The number of halogens is 1. The van der Waals surface area contributed by atoms with Crippen molar-refractivity contribution in [2.24, 2.45) is 12.8 Å². The first-order chi connectivity index (χ1) is 8.06. The Kier molecular flexibility index (Phi) is 3.10. The van der Waals surface area contributed by atoms with E-state index in [0.717, 1.165) is 5.69 Å². The van der Waals surface area contributed by atoms with E-state index in [0.29, 0.717) is 15.9 Å². The number of carbonyl (C=O) groups is 1. The van der Waals surface area contributed by atoms with Crippen LogP contribution in [0.4, 0.5) is 11.5 Å². The fraction of sp³-hybridized carbons (Fsp3) is 0.100. The SMILES string of the molecule is Cn1cc(Nc2ncc(Br)cc2C(N)=O)cn1. The maximum atomic E-state index is 11.3. The highest BCUT2D eigenvalue weighted by atomic mass is 79.9. The quantitative estimate of drug-likeness (QED) is 0.897. The standard InChI is InChI=1S/C10H10BrN5O/c1-16-5-7(4-14-16)15-10-8(9(12)17)2-6(11)3-13-10/h2-5H,1H3,(H2,12,17)(H,13,15). The predicted molar refractivity (Wildman–Crippen MR) is 66.9 cm³/mol. The summed E-state index contributed by atoms with van der Waals surface area (Å²) in [5.41, 5.74) is 6.34. The van der Waals surface area contributed by atoms with E-state index in [1.165, 1.54) is 0 Å². The van der Waals surface area contributed by atoms with Crippen LogP contribution in [-0.2, 0) is 7.05 Å². The van der Waals surface area contributed by atoms with Crippen molar-refractivity contribution in [2.75, 3.05) is 5.32 Å². The van der Waals surface area contributed by atoms with Crippen LogP contribution in [0.5, 0.6) is 0 Å². The van der Waals surface area contributed by atoms with E-state index in [2.05, 4.69) is 31.3 Å². The molecule has 0 unspecified atom stereocenters. The Morgan fingerprint density at radius 3 is 2.88 bits per heavy atom. The molecular weight excluding hydrogens is 286 g/mol. The summed E-state index contributed by atoms with van der Waals surface area (Å²) >= 11 is 3.24. The number of carbonyl (C=O) groups excluding carboxylic acids is 1. The lowest BCUT2D eigenvalue weighted by molar-refractivity contribution is 0.100. The van der Waals surface area contributed by atoms with Gasteiger partial charge in [-0.3, -0.25) is 9.48 Å². The zero-order valence-electron chi connectivity index (χ0n) is 9.01. The monoisotopic (exact) mass is 295 g/mol. The Bertz CT molecular complexity index is 566. The summed E-state index contributed by atoms with van der Waals surface area (Å²) in [4.78, 5) is 15.4. The van der Waals surface area contributed by atoms with Crippen LogP contribution in [0.3, 0.4) is 0 Å². The number of hydrogen-bond donors (Lipinski definition) is 2. The summed E-state index contributed by atoms with van der Waals surface area (Å²) < 4.78 is 2.34. The Morgan fingerprint density at radius 1 is 1.53 bits per heavy atom. The first-order valence-corrected chi connectivity index (χ1v) is 5.56. The number of amides is 1. The second-order valence-electron chi connectivity index (χ2n) is 3.44. The van der Waals surface area contributed by atoms with E-state index >= 15 is 0 Å². The molecular formula is C10H10BrN5O. The van der Waals surface area contributed by atoms with Gasteiger partial charge in [0.25, 0.3) is 5.91 Å². The average Bonchev–Trinajstić information content (AvgIpc) is 2.66. The van der Waals surface area contributed by atoms with Gasteiger partial charge in [0.05, 0.1) is 17.4 Å². The molecule has 0 radical (unpaired) electrons. The first-order valence-electron chi connectivity index (χ1n) is 4.77. The highest BCUT2D eigenvalue weighted by molar-refractivity contribution is 9.10. The van der Waals surface area contributed by atoms with Gasteiger partial charge in [-0.05, 0) is 22.0 Å². The van der Waals surface area contributed by atoms with E-state index in [1.807, 2.05) is 0 Å². The molecule has 0 bridgehead atoms. The Balaban J connectivity index is 2.35. The number of aryl methyl sites for hydroxylation is 1. The van der Waals surface area contributed by atoms with Gasteiger partial charge in [-0.2, -0.15) is 5.10 Å². The van der Waals surface area contributed by atoms with Gasteiger partial charge >= 0.3 is 0 Å². The number of hydrogen-bond acceptors (Lipinski definition) is 4. The number of primary amides is 1. The number of nitrogens with zero attached hydrogens (tertiary/aromatic N) is 3. The lowest BCUT2D eigenvalue weighted by atomic mass is 10.2. The molecule has 0 atom stereocenters. The fourth-order valence-electron chi connectivity index (χ4n) is 1.35. The highest BCUT2D eigenvalue weighted by Gasteiger charge is 2.11. The normalized spacial score (nSPS) is 10.2. The van der Waals surface area contributed by atoms with Crippen LogP contribution in [0.1, 0.15) is 10.4 Å². The average molecular weight is 296 g/mol. The van der Waals surface area contributed by atoms with E-state index in [9.17, 15) is 4.79 Å². The molecule has 2 aromatic rings. The molecule has 0 saturated carbocycles. The van der Waals surface area contributed by atoms with E-state index in [-0.39, 0.29) is 0 Å². The van der Waals surface area contributed by atoms with Crippen LogP contribution < -0.4 is 11.1 Å². The predicted octanol–water partition coefficient (Wildman–Crippen LogP) is 1.42. The largest absolute Gasteiger partial charge is 0.365 e. The molecule has 0 aliphatic carbocycles. The highest BCUT2D eigenvalue weighted by Crippen LogP contribution is 2.21. The summed E-state index contributed by atoms with van der Waals surface area (Å²) in [7, 11) is 1.80. The van der Waals surface area contributed by atoms with Crippen molar-refractivity contribution in [3.63, 3.8) is 0 Å². The maximum Gasteiger partial charge on any atom is 0.252 e. The third-order valence-electron chi connectivity index (χ3n) is 2.09. The summed E-state index contributed by atoms with van der Waals surface area (Å²) in [6.07, 6.45) is 4.99. The number of aromatic nitrogens is 3. The van der Waals surface area contributed by atoms with Crippen molar-refractivity contribution in [1.82, 2.24) is 14.8 Å². The lowest BCUT2D eigenvalue weighted by Gasteiger charge is -2.07. The molecule has 0 fully saturated rings. The molecule has 2 rings (SSSR count). The summed E-state index contributed by atoms with van der Waals surface area (Å²) in [5.74, 6) is -0.126. The van der Waals surface area contributed by atoms with Crippen molar-refractivity contribution in [2.45, 2.75) is 0 Å². The van der Waals surface area contributed by atoms with Crippen molar-refractivity contribution >= 4 is 33.3 Å². The Hall–Kier alpha value is -1.89. The molecule has 2 heterocycles. The van der Waals surface area contributed by atoms with Gasteiger partial charge in [0.2, 0.25) is 0 Å². The number of nitrogens with one attached hydrogen (secondary N) is 1. The molecule has 88 valence electrons. The smallest absolute Gasteiger partial charge is 0.252 e. The fourth-order valence-corrected chi connectivity index (χ4v) is 1.68. The number of nitrogens with two attached hydrogens (primary N) is 1. The van der Waals surface area contributed by atoms with Crippen molar-refractivity contribution in [3.8, 4) is 0 Å². The second kappa shape index (κ2) is 4.54. The van der Waals surface area contributed by atoms with E-state index in [4.69, 9.17) is 5.73 Å². The molecule has 7 heteroatoms. The van der Waals surface area contributed by atoms with Crippen LogP contribution >= 0.6 is 15.9 Å². The van der Waals surface area contributed by atoms with E-state index < -0.39 is 5.91 Å². The first kappa shape index (κ1) is 11.6. The molecule has 0 saturated heterocycles. The number of pyridine rings is 1. The Labute approximate surface area is 106 Å². The Morgan fingerprint density at radius 2 is 2.29 bits per heavy atom. The van der Waals surface area contributed by atoms with Crippen LogP contribution in [0.25, 0.3) is 0 Å². The van der Waals surface area contributed by atoms with E-state index in [1.54, 1.807) is 36.4 Å². The molecule has 6 nitrogen and oxygen atoms in total. The lowest BCUT2D eigenvalue weighted by Crippen LogP contribution is -2.14. The van der Waals surface area contributed by atoms with Crippen molar-refractivity contribution < 1.29 is 4.79 Å². The number of rotatable bonds is 3. The molecule has 2 aromatic heterocycles. The topological polar surface area (TPSA) is 85.8 Å². The summed E-state index contributed by atoms with van der Waals surface area (Å²) in [5, 5.41) is 6.99. The van der Waals surface area contributed by atoms with Crippen LogP contribution in [-0.4, -0.2) is 20.7 Å². The third kappa shape index (κ3) is 2.62. The van der Waals surface area contributed by atoms with Gasteiger partial charge in [-0.15, -0.1) is 0 Å². The zero-order valence-corrected chi connectivity index (χ0v) is 10.6. The van der Waals surface area contributed by atoms with Gasteiger partial charge < -0.3 is 11.1 Å². The van der Waals surface area contributed by atoms with Gasteiger partial charge in [0, 0.05) is 23.9 Å². The third-order valence-corrected chi connectivity index (χ3v) is 2.52. The molecule has 1 amide bonds. The zero-order chi connectivity index (χ0) is 12.4. The van der Waals surface area contributed by atoms with Crippen molar-refractivity contribution in [3.05, 3.63) is 34.7 Å². The molecule has 0 spiro atoms. The molecule has 3 N–H and O–H groups in total. The summed E-state index contributed by atoms with van der Waals surface area (Å²) in [6, 6.07) is 1.62. The minimum Gasteiger partial charge on any atom is -0.365 e. The number of anilines is 2. The minimum atomic E-state index is -0.537. The van der Waals surface area contributed by atoms with Crippen LogP contribution in [0, 0.1) is 0 Å².